The van der Waals surface area contributed by atoms with Crippen molar-refractivity contribution in [1.82, 2.24) is 15.0 Å². The van der Waals surface area contributed by atoms with Crippen LogP contribution in [0.1, 0.15) is 17.4 Å². The first-order chi connectivity index (χ1) is 13.7. The van der Waals surface area contributed by atoms with Gasteiger partial charge in [0, 0.05) is 30.5 Å². The van der Waals surface area contributed by atoms with E-state index in [-0.39, 0.29) is 17.9 Å². The number of hydrogen-bond donors (Lipinski definition) is 1. The van der Waals surface area contributed by atoms with Gasteiger partial charge in [0.1, 0.15) is 11.5 Å². The van der Waals surface area contributed by atoms with Gasteiger partial charge in [-0.15, -0.1) is 0 Å². The van der Waals surface area contributed by atoms with Crippen LogP contribution in [0.3, 0.4) is 0 Å². The van der Waals surface area contributed by atoms with Gasteiger partial charge in [-0.1, -0.05) is 11.2 Å². The van der Waals surface area contributed by atoms with E-state index in [1.165, 1.54) is 0 Å². The third-order valence-corrected chi connectivity index (χ3v) is 5.71. The van der Waals surface area contributed by atoms with Gasteiger partial charge in [0.25, 0.3) is 0 Å². The highest BCUT2D eigenvalue weighted by molar-refractivity contribution is 5.46. The minimum atomic E-state index is -0.342. The fourth-order valence-electron chi connectivity index (χ4n) is 4.26. The number of methoxy groups -OCH3 is 1. The van der Waals surface area contributed by atoms with Crippen LogP contribution in [0.2, 0.25) is 0 Å². The summed E-state index contributed by atoms with van der Waals surface area (Å²) in [4.78, 5) is 6.65. The highest BCUT2D eigenvalue weighted by atomic mass is 16.5. The van der Waals surface area contributed by atoms with E-state index < -0.39 is 0 Å². The maximum atomic E-state index is 10.2. The van der Waals surface area contributed by atoms with Crippen molar-refractivity contribution in [3.05, 3.63) is 48.0 Å². The van der Waals surface area contributed by atoms with E-state index in [0.29, 0.717) is 37.2 Å². The highest BCUT2D eigenvalue weighted by Crippen LogP contribution is 2.50. The third-order valence-electron chi connectivity index (χ3n) is 5.71. The second-order valence-corrected chi connectivity index (χ2v) is 7.42. The van der Waals surface area contributed by atoms with Gasteiger partial charge in [-0.2, -0.15) is 4.98 Å². The number of furan rings is 1. The van der Waals surface area contributed by atoms with Gasteiger partial charge in [-0.3, -0.25) is 4.90 Å². The van der Waals surface area contributed by atoms with E-state index >= 15 is 0 Å². The summed E-state index contributed by atoms with van der Waals surface area (Å²) in [6, 6.07) is 9.46. The molecule has 4 heterocycles. The van der Waals surface area contributed by atoms with Crippen molar-refractivity contribution in [2.24, 2.45) is 5.41 Å². The largest absolute Gasteiger partial charge is 0.497 e. The zero-order valence-corrected chi connectivity index (χ0v) is 15.5. The Hall–Kier alpha value is -2.84. The summed E-state index contributed by atoms with van der Waals surface area (Å²) < 4.78 is 22.0. The van der Waals surface area contributed by atoms with Crippen molar-refractivity contribution in [1.29, 1.82) is 0 Å². The standard InChI is InChI=1S/C20H21N3O5/c1-25-13-4-5-14-15-8-23(10-20(15,11-24)12-27-17(14)7-13)9-18-21-19(22-28-18)16-3-2-6-26-16/h2-7,15,24H,8-12H2,1H3/t15-,20-/m1/s1. The number of hydrogen-bond acceptors (Lipinski definition) is 8. The predicted octanol–water partition coefficient (Wildman–Crippen LogP) is 2.31. The number of fused-ring (bicyclic) bond motifs is 3. The maximum absolute atomic E-state index is 10.2. The molecule has 3 aromatic rings. The normalized spacial score (nSPS) is 23.9. The second-order valence-electron chi connectivity index (χ2n) is 7.42. The molecule has 1 fully saturated rings. The molecule has 8 nitrogen and oxygen atoms in total. The molecule has 146 valence electrons. The molecule has 2 aliphatic heterocycles. The number of ether oxygens (including phenoxy) is 2. The number of aromatic nitrogens is 2. The first-order valence-electron chi connectivity index (χ1n) is 9.21. The van der Waals surface area contributed by atoms with Crippen LogP contribution in [0.25, 0.3) is 11.6 Å². The first-order valence-corrected chi connectivity index (χ1v) is 9.21. The molecule has 0 unspecified atom stereocenters. The lowest BCUT2D eigenvalue weighted by atomic mass is 9.74. The van der Waals surface area contributed by atoms with Gasteiger partial charge in [0.15, 0.2) is 5.76 Å². The Morgan fingerprint density at radius 3 is 3.07 bits per heavy atom. The molecule has 0 amide bonds. The summed E-state index contributed by atoms with van der Waals surface area (Å²) in [6.45, 7) is 2.50. The minimum absolute atomic E-state index is 0.0567. The molecule has 2 aromatic heterocycles. The minimum Gasteiger partial charge on any atom is -0.497 e. The number of benzene rings is 1. The van der Waals surface area contributed by atoms with Crippen LogP contribution < -0.4 is 9.47 Å². The SMILES string of the molecule is COc1ccc2c(c1)OC[C@]1(CO)CN(Cc3nc(-c4ccco4)no3)C[C@H]21. The fraction of sp³-hybridized carbons (Fsp3) is 0.400. The monoisotopic (exact) mass is 383 g/mol. The summed E-state index contributed by atoms with van der Waals surface area (Å²) >= 11 is 0. The van der Waals surface area contributed by atoms with Gasteiger partial charge < -0.3 is 23.5 Å². The molecule has 0 aliphatic carbocycles. The van der Waals surface area contributed by atoms with Gasteiger partial charge in [-0.05, 0) is 23.8 Å². The van der Waals surface area contributed by atoms with Gasteiger partial charge >= 0.3 is 0 Å². The second kappa shape index (κ2) is 6.65. The quantitative estimate of drug-likeness (QED) is 0.717. The fourth-order valence-corrected chi connectivity index (χ4v) is 4.26. The van der Waals surface area contributed by atoms with Gasteiger partial charge in [0.05, 0.1) is 33.1 Å². The predicted molar refractivity (Wildman–Crippen MR) is 98.0 cm³/mol. The summed E-state index contributed by atoms with van der Waals surface area (Å²) in [5, 5.41) is 14.2. The summed E-state index contributed by atoms with van der Waals surface area (Å²) in [5.41, 5.74) is 0.760. The molecule has 5 rings (SSSR count). The van der Waals surface area contributed by atoms with Crippen LogP contribution in [-0.4, -0.2) is 53.6 Å². The Bertz CT molecular complexity index is 970. The van der Waals surface area contributed by atoms with Crippen molar-refractivity contribution in [3.63, 3.8) is 0 Å². The lowest BCUT2D eigenvalue weighted by Crippen LogP contribution is -2.42. The van der Waals surface area contributed by atoms with Crippen LogP contribution in [0.15, 0.2) is 45.5 Å². The summed E-state index contributed by atoms with van der Waals surface area (Å²) in [6.07, 6.45) is 1.58. The van der Waals surface area contributed by atoms with Crippen molar-refractivity contribution in [2.75, 3.05) is 33.4 Å². The molecule has 2 aliphatic rings. The molecule has 0 spiro atoms. The Labute approximate surface area is 161 Å². The van der Waals surface area contributed by atoms with Gasteiger partial charge in [0.2, 0.25) is 11.7 Å². The number of rotatable bonds is 5. The first kappa shape index (κ1) is 17.3. The third kappa shape index (κ3) is 2.76. The molecule has 1 saturated heterocycles. The molecule has 0 bridgehead atoms. The van der Waals surface area contributed by atoms with E-state index in [0.717, 1.165) is 23.6 Å². The van der Waals surface area contributed by atoms with Crippen molar-refractivity contribution in [3.8, 4) is 23.1 Å². The average Bonchev–Trinajstić information content (AvgIpc) is 3.47. The molecule has 0 radical (unpaired) electrons. The van der Waals surface area contributed by atoms with Crippen molar-refractivity contribution < 1.29 is 23.5 Å². The number of nitrogens with zero attached hydrogens (tertiary/aromatic N) is 3. The Balaban J connectivity index is 1.38. The number of likely N-dealkylation sites (tertiary alicyclic amines) is 1. The van der Waals surface area contributed by atoms with Crippen LogP contribution in [0, 0.1) is 5.41 Å². The highest BCUT2D eigenvalue weighted by Gasteiger charge is 2.51. The Morgan fingerprint density at radius 2 is 2.29 bits per heavy atom. The van der Waals surface area contributed by atoms with Crippen LogP contribution in [0.5, 0.6) is 11.5 Å². The van der Waals surface area contributed by atoms with E-state index in [9.17, 15) is 5.11 Å². The molecule has 28 heavy (non-hydrogen) atoms. The molecule has 2 atom stereocenters. The lowest BCUT2D eigenvalue weighted by Gasteiger charge is -2.38. The molecule has 8 heteroatoms. The van der Waals surface area contributed by atoms with Gasteiger partial charge in [-0.25, -0.2) is 0 Å². The van der Waals surface area contributed by atoms with Crippen LogP contribution in [0.4, 0.5) is 0 Å². The Morgan fingerprint density at radius 1 is 1.36 bits per heavy atom. The number of aliphatic hydroxyl groups is 1. The lowest BCUT2D eigenvalue weighted by molar-refractivity contribution is 0.0449. The van der Waals surface area contributed by atoms with E-state index in [1.54, 1.807) is 25.5 Å². The molecular formula is C20H21N3O5. The molecule has 0 saturated carbocycles. The summed E-state index contributed by atoms with van der Waals surface area (Å²) in [7, 11) is 1.64. The molecular weight excluding hydrogens is 362 g/mol. The van der Waals surface area contributed by atoms with E-state index in [1.807, 2.05) is 18.2 Å². The maximum Gasteiger partial charge on any atom is 0.241 e. The molecule has 1 aromatic carbocycles. The Kier molecular flexibility index (Phi) is 4.10. The average molecular weight is 383 g/mol. The van der Waals surface area contributed by atoms with E-state index in [2.05, 4.69) is 15.0 Å². The van der Waals surface area contributed by atoms with Crippen molar-refractivity contribution >= 4 is 0 Å². The van der Waals surface area contributed by atoms with Crippen molar-refractivity contribution in [2.45, 2.75) is 12.5 Å². The van der Waals surface area contributed by atoms with Crippen LogP contribution >= 0.6 is 0 Å². The van der Waals surface area contributed by atoms with E-state index in [4.69, 9.17) is 18.4 Å². The molecule has 1 N–H and O–H groups in total. The number of aliphatic hydroxyl groups excluding tert-OH is 1. The zero-order chi connectivity index (χ0) is 19.1. The smallest absolute Gasteiger partial charge is 0.241 e. The topological polar surface area (TPSA) is 94.0 Å². The van der Waals surface area contributed by atoms with Crippen LogP contribution in [-0.2, 0) is 6.54 Å². The summed E-state index contributed by atoms with van der Waals surface area (Å²) in [5.74, 6) is 3.30. The zero-order valence-electron chi connectivity index (χ0n) is 15.5.